The van der Waals surface area contributed by atoms with Crippen molar-refractivity contribution in [2.45, 2.75) is 0 Å². The van der Waals surface area contributed by atoms with Crippen molar-refractivity contribution in [3.05, 3.63) is 75.6 Å². The van der Waals surface area contributed by atoms with E-state index < -0.39 is 5.91 Å². The summed E-state index contributed by atoms with van der Waals surface area (Å²) in [5.74, 6) is -0.311. The van der Waals surface area contributed by atoms with Crippen molar-refractivity contribution >= 4 is 57.4 Å². The second-order valence-corrected chi connectivity index (χ2v) is 8.44. The molecule has 0 saturated carbocycles. The van der Waals surface area contributed by atoms with Gasteiger partial charge in [-0.1, -0.05) is 23.7 Å². The van der Waals surface area contributed by atoms with Gasteiger partial charge in [-0.2, -0.15) is 0 Å². The predicted octanol–water partition coefficient (Wildman–Crippen LogP) is 4.87. The number of rotatable bonds is 6. The molecular formula is C23H20ClN3O3S. The fourth-order valence-electron chi connectivity index (χ4n) is 3.35. The van der Waals surface area contributed by atoms with Gasteiger partial charge in [0.25, 0.3) is 11.8 Å². The number of nitrogens with zero attached hydrogens (tertiary/aromatic N) is 2. The van der Waals surface area contributed by atoms with Gasteiger partial charge in [0, 0.05) is 29.7 Å². The average molecular weight is 454 g/mol. The molecule has 0 bridgehead atoms. The summed E-state index contributed by atoms with van der Waals surface area (Å²) in [6.07, 6.45) is 0. The zero-order chi connectivity index (χ0) is 22.1. The molecule has 1 aliphatic heterocycles. The van der Waals surface area contributed by atoms with E-state index in [1.54, 1.807) is 24.3 Å². The molecule has 0 unspecified atom stereocenters. The van der Waals surface area contributed by atoms with Crippen molar-refractivity contribution in [3.8, 4) is 5.75 Å². The molecule has 0 spiro atoms. The largest absolute Gasteiger partial charge is 0.495 e. The molecule has 2 aromatic carbocycles. The molecule has 2 heterocycles. The number of benzene rings is 2. The Morgan fingerprint density at radius 2 is 1.84 bits per heavy atom. The van der Waals surface area contributed by atoms with E-state index in [1.165, 1.54) is 23.3 Å². The third-order valence-electron chi connectivity index (χ3n) is 4.88. The number of methoxy groups -OCH3 is 1. The lowest BCUT2D eigenvalue weighted by Gasteiger charge is -2.19. The maximum Gasteiger partial charge on any atom is 0.282 e. The number of hydrogen-bond donors (Lipinski definition) is 1. The van der Waals surface area contributed by atoms with Crippen molar-refractivity contribution in [3.63, 3.8) is 0 Å². The third kappa shape index (κ3) is 3.89. The van der Waals surface area contributed by atoms with Crippen LogP contribution in [0.4, 0.5) is 17.1 Å². The van der Waals surface area contributed by atoms with E-state index in [4.69, 9.17) is 16.3 Å². The van der Waals surface area contributed by atoms with Gasteiger partial charge in [-0.3, -0.25) is 9.59 Å². The number of carbonyl (C=O) groups is 2. The maximum absolute atomic E-state index is 13.5. The first-order valence-electron chi connectivity index (χ1n) is 9.45. The number of amides is 2. The zero-order valence-corrected chi connectivity index (χ0v) is 18.8. The molecule has 8 heteroatoms. The molecule has 2 amide bonds. The lowest BCUT2D eigenvalue weighted by molar-refractivity contribution is -0.120. The van der Waals surface area contributed by atoms with Gasteiger partial charge < -0.3 is 15.0 Å². The lowest BCUT2D eigenvalue weighted by Crippen LogP contribution is -2.32. The quantitative estimate of drug-likeness (QED) is 0.539. The van der Waals surface area contributed by atoms with Crippen LogP contribution >= 0.6 is 22.9 Å². The normalized spacial score (nSPS) is 13.7. The van der Waals surface area contributed by atoms with Gasteiger partial charge in [-0.15, -0.1) is 11.3 Å². The summed E-state index contributed by atoms with van der Waals surface area (Å²) in [6, 6.07) is 16.0. The molecule has 0 fully saturated rings. The van der Waals surface area contributed by atoms with Crippen LogP contribution < -0.4 is 19.9 Å². The number of imide groups is 1. The third-order valence-corrected chi connectivity index (χ3v) is 6.00. The first kappa shape index (κ1) is 21.0. The highest BCUT2D eigenvalue weighted by Gasteiger charge is 2.41. The van der Waals surface area contributed by atoms with E-state index in [2.05, 4.69) is 5.32 Å². The van der Waals surface area contributed by atoms with E-state index in [0.717, 1.165) is 5.69 Å². The number of anilines is 3. The Bertz CT molecular complexity index is 1190. The van der Waals surface area contributed by atoms with Crippen LogP contribution in [0.2, 0.25) is 5.02 Å². The Morgan fingerprint density at radius 3 is 2.52 bits per heavy atom. The van der Waals surface area contributed by atoms with Gasteiger partial charge in [0.15, 0.2) is 0 Å². The summed E-state index contributed by atoms with van der Waals surface area (Å²) >= 11 is 7.55. The number of halogens is 1. The van der Waals surface area contributed by atoms with E-state index in [-0.39, 0.29) is 11.6 Å². The van der Waals surface area contributed by atoms with Crippen LogP contribution in [-0.2, 0) is 9.59 Å². The molecule has 1 N–H and O–H groups in total. The van der Waals surface area contributed by atoms with Crippen LogP contribution in [0, 0.1) is 0 Å². The molecule has 0 saturated heterocycles. The van der Waals surface area contributed by atoms with Crippen molar-refractivity contribution in [2.24, 2.45) is 0 Å². The van der Waals surface area contributed by atoms with Crippen LogP contribution in [0.1, 0.15) is 4.88 Å². The number of nitrogens with one attached hydrogen (secondary N) is 1. The molecule has 1 aliphatic rings. The van der Waals surface area contributed by atoms with Gasteiger partial charge in [-0.05, 0) is 47.8 Å². The smallest absolute Gasteiger partial charge is 0.282 e. The maximum atomic E-state index is 13.5. The minimum absolute atomic E-state index is 0.184. The summed E-state index contributed by atoms with van der Waals surface area (Å²) in [4.78, 5) is 30.8. The van der Waals surface area contributed by atoms with Crippen molar-refractivity contribution in [2.75, 3.05) is 36.3 Å². The van der Waals surface area contributed by atoms with E-state index in [0.29, 0.717) is 32.6 Å². The fourth-order valence-corrected chi connectivity index (χ4v) is 4.29. The summed E-state index contributed by atoms with van der Waals surface area (Å²) in [6.45, 7) is 0. The summed E-state index contributed by atoms with van der Waals surface area (Å²) < 4.78 is 5.40. The Morgan fingerprint density at radius 1 is 1.03 bits per heavy atom. The van der Waals surface area contributed by atoms with Gasteiger partial charge >= 0.3 is 0 Å². The van der Waals surface area contributed by atoms with Crippen LogP contribution in [-0.4, -0.2) is 33.0 Å². The number of hydrogen-bond acceptors (Lipinski definition) is 6. The minimum Gasteiger partial charge on any atom is -0.495 e. The van der Waals surface area contributed by atoms with Crippen LogP contribution in [0.25, 0.3) is 5.57 Å². The second-order valence-electron chi connectivity index (χ2n) is 7.06. The molecule has 0 radical (unpaired) electrons. The highest BCUT2D eigenvalue weighted by molar-refractivity contribution is 7.11. The monoisotopic (exact) mass is 453 g/mol. The summed E-state index contributed by atoms with van der Waals surface area (Å²) in [5, 5.41) is 5.46. The predicted molar refractivity (Wildman–Crippen MR) is 126 cm³/mol. The van der Waals surface area contributed by atoms with E-state index in [1.807, 2.05) is 54.7 Å². The lowest BCUT2D eigenvalue weighted by atomic mass is 10.1. The molecule has 158 valence electrons. The topological polar surface area (TPSA) is 61.9 Å². The van der Waals surface area contributed by atoms with Gasteiger partial charge in [0.1, 0.15) is 11.4 Å². The molecule has 6 nitrogen and oxygen atoms in total. The Kier molecular flexibility index (Phi) is 5.71. The second kappa shape index (κ2) is 8.45. The van der Waals surface area contributed by atoms with Gasteiger partial charge in [0.05, 0.1) is 24.1 Å². The number of ether oxygens (including phenoxy) is 1. The Hall–Kier alpha value is -3.29. The molecule has 0 aliphatic carbocycles. The molecule has 0 atom stereocenters. The fraction of sp³-hybridized carbons (Fsp3) is 0.130. The molecule has 3 aromatic rings. The molecule has 31 heavy (non-hydrogen) atoms. The van der Waals surface area contributed by atoms with Crippen molar-refractivity contribution in [1.82, 2.24) is 0 Å². The van der Waals surface area contributed by atoms with Crippen LogP contribution in [0.5, 0.6) is 5.75 Å². The van der Waals surface area contributed by atoms with Gasteiger partial charge in [0.2, 0.25) is 0 Å². The molecular weight excluding hydrogens is 434 g/mol. The highest BCUT2D eigenvalue weighted by Crippen LogP contribution is 2.38. The Balaban J connectivity index is 1.81. The zero-order valence-electron chi connectivity index (χ0n) is 17.2. The minimum atomic E-state index is -0.439. The summed E-state index contributed by atoms with van der Waals surface area (Å²) in [5.41, 5.74) is 2.39. The first-order valence-corrected chi connectivity index (χ1v) is 10.7. The van der Waals surface area contributed by atoms with E-state index >= 15 is 0 Å². The van der Waals surface area contributed by atoms with Crippen LogP contribution in [0.3, 0.4) is 0 Å². The average Bonchev–Trinajstić information content (AvgIpc) is 3.35. The van der Waals surface area contributed by atoms with Gasteiger partial charge in [-0.25, -0.2) is 4.90 Å². The SMILES string of the molecule is COc1ccc(Cl)cc1NC1=C(c2cccs2)C(=O)N(c2cccc(N(C)C)c2)C1=O. The number of thiophene rings is 1. The van der Waals surface area contributed by atoms with E-state index in [9.17, 15) is 9.59 Å². The standard InChI is InChI=1S/C23H20ClN3O3S/c1-26(2)15-6-4-7-16(13-15)27-22(28)20(19-8-5-11-31-19)21(23(27)29)25-17-12-14(24)9-10-18(17)30-3/h4-13,25H,1-3H3. The molecule has 4 rings (SSSR count). The first-order chi connectivity index (χ1) is 14.9. The highest BCUT2D eigenvalue weighted by atomic mass is 35.5. The van der Waals surface area contributed by atoms with Crippen LogP contribution in [0.15, 0.2) is 65.7 Å². The molecule has 1 aromatic heterocycles. The Labute approximate surface area is 189 Å². The number of carbonyl (C=O) groups excluding carboxylic acids is 2. The van der Waals surface area contributed by atoms with Crippen molar-refractivity contribution in [1.29, 1.82) is 0 Å². The summed E-state index contributed by atoms with van der Waals surface area (Å²) in [7, 11) is 5.34. The van der Waals surface area contributed by atoms with Crippen molar-refractivity contribution < 1.29 is 14.3 Å².